The first-order valence-corrected chi connectivity index (χ1v) is 2.72. The third-order valence-electron chi connectivity index (χ3n) is 0.990. The van der Waals surface area contributed by atoms with E-state index in [9.17, 15) is 4.79 Å². The van der Waals surface area contributed by atoms with Crippen molar-refractivity contribution in [1.82, 2.24) is 0 Å². The zero-order valence-corrected chi connectivity index (χ0v) is 5.70. The van der Waals surface area contributed by atoms with E-state index in [1.807, 2.05) is 0 Å². The number of aliphatic hydroxyl groups is 2. The van der Waals surface area contributed by atoms with Crippen LogP contribution in [0.15, 0.2) is 0 Å². The largest absolute Gasteiger partial charge is 0.437 e. The summed E-state index contributed by atoms with van der Waals surface area (Å²) in [5.74, 6) is -0.822. The lowest BCUT2D eigenvalue weighted by Crippen LogP contribution is -2.49. The van der Waals surface area contributed by atoms with Gasteiger partial charge in [0.05, 0.1) is 6.61 Å². The van der Waals surface area contributed by atoms with Gasteiger partial charge in [0, 0.05) is 0 Å². The van der Waals surface area contributed by atoms with Crippen molar-refractivity contribution in [3.05, 3.63) is 0 Å². The fraction of sp³-hybridized carbons (Fsp3) is 0.800. The van der Waals surface area contributed by atoms with Gasteiger partial charge in [-0.15, -0.1) is 0 Å². The van der Waals surface area contributed by atoms with E-state index in [0.29, 0.717) is 0 Å². The molecule has 0 aliphatic carbocycles. The van der Waals surface area contributed by atoms with Crippen LogP contribution in [0.25, 0.3) is 0 Å². The average Bonchev–Trinajstić information content (AvgIpc) is 1.89. The zero-order chi connectivity index (χ0) is 8.20. The second-order valence-electron chi connectivity index (χ2n) is 2.14. The van der Waals surface area contributed by atoms with Crippen LogP contribution in [-0.2, 0) is 9.53 Å². The number of hydrogen-bond acceptors (Lipinski definition) is 5. The van der Waals surface area contributed by atoms with Gasteiger partial charge in [-0.3, -0.25) is 0 Å². The molecule has 0 radical (unpaired) electrons. The molecule has 4 N–H and O–H groups in total. The quantitative estimate of drug-likeness (QED) is 0.325. The maximum Gasteiger partial charge on any atom is 0.330 e. The number of ether oxygens (including phenoxy) is 1. The highest BCUT2D eigenvalue weighted by Gasteiger charge is 2.28. The molecule has 0 fully saturated rings. The minimum absolute atomic E-state index is 0.508. The molecule has 0 bridgehead atoms. The van der Waals surface area contributed by atoms with Gasteiger partial charge >= 0.3 is 5.97 Å². The molecule has 1 atom stereocenters. The molecule has 5 nitrogen and oxygen atoms in total. The van der Waals surface area contributed by atoms with E-state index in [-0.39, 0.29) is 0 Å². The molecule has 5 heteroatoms. The van der Waals surface area contributed by atoms with Crippen LogP contribution in [0, 0.1) is 0 Å². The zero-order valence-electron chi connectivity index (χ0n) is 5.70. The van der Waals surface area contributed by atoms with Crippen molar-refractivity contribution in [2.24, 2.45) is 5.73 Å². The van der Waals surface area contributed by atoms with Gasteiger partial charge in [0.2, 0.25) is 0 Å². The Bertz CT molecular complexity index is 123. The van der Waals surface area contributed by atoms with Gasteiger partial charge in [-0.1, -0.05) is 0 Å². The molecule has 0 unspecified atom stereocenters. The number of rotatable bonds is 3. The van der Waals surface area contributed by atoms with Crippen molar-refractivity contribution in [3.63, 3.8) is 0 Å². The molecule has 0 saturated heterocycles. The lowest BCUT2D eigenvalue weighted by Gasteiger charge is -2.17. The second kappa shape index (κ2) is 3.50. The third-order valence-corrected chi connectivity index (χ3v) is 0.990. The summed E-state index contributed by atoms with van der Waals surface area (Å²) in [4.78, 5) is 10.6. The van der Waals surface area contributed by atoms with Crippen molar-refractivity contribution < 1.29 is 19.7 Å². The molecule has 0 aromatic rings. The second-order valence-corrected chi connectivity index (χ2v) is 2.14. The summed E-state index contributed by atoms with van der Waals surface area (Å²) in [5, 5.41) is 16.6. The van der Waals surface area contributed by atoms with Crippen LogP contribution in [0.5, 0.6) is 0 Å². The number of hydrogen-bond donors (Lipinski definition) is 3. The summed E-state index contributed by atoms with van der Waals surface area (Å²) in [6.45, 7) is 0.0858. The number of aliphatic hydroxyl groups excluding tert-OH is 2. The van der Waals surface area contributed by atoms with Crippen molar-refractivity contribution in [3.8, 4) is 0 Å². The van der Waals surface area contributed by atoms with Crippen LogP contribution >= 0.6 is 0 Å². The molecule has 0 aliphatic rings. The van der Waals surface area contributed by atoms with Crippen molar-refractivity contribution in [2.75, 3.05) is 13.4 Å². The fourth-order valence-electron chi connectivity index (χ4n) is 0.288. The smallest absolute Gasteiger partial charge is 0.330 e. The molecular weight excluding hydrogens is 138 g/mol. The van der Waals surface area contributed by atoms with Crippen LogP contribution in [0.3, 0.4) is 0 Å². The van der Waals surface area contributed by atoms with E-state index in [2.05, 4.69) is 4.74 Å². The molecule has 0 saturated carbocycles. The molecule has 60 valence electrons. The number of nitrogens with two attached hydrogens (primary N) is 1. The van der Waals surface area contributed by atoms with Gasteiger partial charge in [-0.25, -0.2) is 4.79 Å². The highest BCUT2D eigenvalue weighted by atomic mass is 16.6. The molecular formula is C5H11NO4. The van der Waals surface area contributed by atoms with E-state index in [1.165, 1.54) is 6.92 Å². The van der Waals surface area contributed by atoms with Crippen LogP contribution < -0.4 is 5.73 Å². The van der Waals surface area contributed by atoms with Crippen LogP contribution in [-0.4, -0.2) is 35.1 Å². The summed E-state index contributed by atoms with van der Waals surface area (Å²) >= 11 is 0. The predicted octanol–water partition coefficient (Wildman–Crippen LogP) is -1.81. The van der Waals surface area contributed by atoms with Gasteiger partial charge in [0.1, 0.15) is 5.54 Å². The van der Waals surface area contributed by atoms with Crippen LogP contribution in [0.2, 0.25) is 0 Å². The normalized spacial score (nSPS) is 16.0. The minimum atomic E-state index is -1.41. The van der Waals surface area contributed by atoms with E-state index < -0.39 is 24.9 Å². The van der Waals surface area contributed by atoms with Crippen LogP contribution in [0.1, 0.15) is 6.92 Å². The van der Waals surface area contributed by atoms with Gasteiger partial charge in [0.15, 0.2) is 6.79 Å². The SMILES string of the molecule is C[C@](N)(CO)C(=O)OCO. The first-order chi connectivity index (χ1) is 4.54. The van der Waals surface area contributed by atoms with Gasteiger partial charge in [-0.2, -0.15) is 0 Å². The summed E-state index contributed by atoms with van der Waals surface area (Å²) < 4.78 is 4.13. The van der Waals surface area contributed by atoms with Gasteiger partial charge < -0.3 is 20.7 Å². The molecule has 10 heavy (non-hydrogen) atoms. The first-order valence-electron chi connectivity index (χ1n) is 2.72. The monoisotopic (exact) mass is 149 g/mol. The standard InChI is InChI=1S/C5H11NO4/c1-5(6,2-7)4(9)10-3-8/h7-8H,2-3,6H2,1H3/t5-/m0/s1. The molecule has 0 aliphatic heterocycles. The highest BCUT2D eigenvalue weighted by Crippen LogP contribution is 1.99. The molecule has 0 rings (SSSR count). The van der Waals surface area contributed by atoms with Crippen molar-refractivity contribution in [1.29, 1.82) is 0 Å². The Hall–Kier alpha value is -0.650. The molecule has 0 aromatic heterocycles. The molecule has 0 aromatic carbocycles. The Morgan fingerprint density at radius 3 is 2.50 bits per heavy atom. The molecule has 0 amide bonds. The topological polar surface area (TPSA) is 92.8 Å². The van der Waals surface area contributed by atoms with Crippen LogP contribution in [0.4, 0.5) is 0 Å². The Morgan fingerprint density at radius 2 is 2.20 bits per heavy atom. The number of carbonyl (C=O) groups excluding carboxylic acids is 1. The van der Waals surface area contributed by atoms with E-state index in [1.54, 1.807) is 0 Å². The summed E-state index contributed by atoms with van der Waals surface area (Å²) in [6, 6.07) is 0. The summed E-state index contributed by atoms with van der Waals surface area (Å²) in [7, 11) is 0. The summed E-state index contributed by atoms with van der Waals surface area (Å²) in [6.07, 6.45) is 0. The third kappa shape index (κ3) is 2.30. The number of esters is 1. The Balaban J connectivity index is 3.91. The lowest BCUT2D eigenvalue weighted by atomic mass is 10.1. The maximum atomic E-state index is 10.6. The maximum absolute atomic E-state index is 10.6. The predicted molar refractivity (Wildman–Crippen MR) is 32.9 cm³/mol. The minimum Gasteiger partial charge on any atom is -0.437 e. The Morgan fingerprint density at radius 1 is 1.70 bits per heavy atom. The summed E-state index contributed by atoms with van der Waals surface area (Å²) in [5.41, 5.74) is 3.80. The Kier molecular flexibility index (Phi) is 3.27. The Labute approximate surface area is 58.4 Å². The van der Waals surface area contributed by atoms with Crippen molar-refractivity contribution >= 4 is 5.97 Å². The number of carbonyl (C=O) groups is 1. The molecule has 0 spiro atoms. The lowest BCUT2D eigenvalue weighted by molar-refractivity contribution is -0.159. The fourth-order valence-corrected chi connectivity index (χ4v) is 0.288. The van der Waals surface area contributed by atoms with E-state index in [0.717, 1.165) is 0 Å². The highest BCUT2D eigenvalue weighted by molar-refractivity contribution is 5.80. The average molecular weight is 149 g/mol. The van der Waals surface area contributed by atoms with E-state index >= 15 is 0 Å². The van der Waals surface area contributed by atoms with Crippen molar-refractivity contribution in [2.45, 2.75) is 12.5 Å². The van der Waals surface area contributed by atoms with E-state index in [4.69, 9.17) is 15.9 Å². The van der Waals surface area contributed by atoms with Gasteiger partial charge in [0.25, 0.3) is 0 Å². The molecule has 0 heterocycles. The van der Waals surface area contributed by atoms with Gasteiger partial charge in [-0.05, 0) is 6.92 Å². The first kappa shape index (κ1) is 9.35.